The molecular weight excluding hydrogens is 807 g/mol. The Kier molecular flexibility index (Phi) is 12.3. The summed E-state index contributed by atoms with van der Waals surface area (Å²) in [4.78, 5) is 16.2. The van der Waals surface area contributed by atoms with Gasteiger partial charge in [0.1, 0.15) is 5.82 Å². The van der Waals surface area contributed by atoms with E-state index >= 15 is 0 Å². The minimum absolute atomic E-state index is 0. The number of ketones is 1. The number of halogens is 4. The molecule has 8 heteroatoms. The number of aromatic nitrogens is 1. The zero-order valence-electron chi connectivity index (χ0n) is 27.8. The van der Waals surface area contributed by atoms with E-state index in [-0.39, 0.29) is 60.3 Å². The second kappa shape index (κ2) is 16.1. The van der Waals surface area contributed by atoms with Crippen molar-refractivity contribution in [3.63, 3.8) is 0 Å². The van der Waals surface area contributed by atoms with E-state index in [1.165, 1.54) is 24.3 Å². The first-order valence-electron chi connectivity index (χ1n) is 16.4. The van der Waals surface area contributed by atoms with E-state index in [1.807, 2.05) is 58.0 Å². The Labute approximate surface area is 297 Å². The van der Waals surface area contributed by atoms with Crippen molar-refractivity contribution in [2.75, 3.05) is 0 Å². The van der Waals surface area contributed by atoms with E-state index in [2.05, 4.69) is 11.1 Å². The van der Waals surface area contributed by atoms with Crippen LogP contribution in [0.2, 0.25) is 0 Å². The minimum atomic E-state index is -4.51. The van der Waals surface area contributed by atoms with E-state index in [9.17, 15) is 27.5 Å². The number of hydrogen-bond donors (Lipinski definition) is 1. The van der Waals surface area contributed by atoms with Crippen molar-refractivity contribution in [2.24, 2.45) is 11.8 Å². The summed E-state index contributed by atoms with van der Waals surface area (Å²) in [5.41, 5.74) is 0.0122. The van der Waals surface area contributed by atoms with E-state index in [4.69, 9.17) is 0 Å². The largest absolute Gasteiger partial charge is 0.512 e. The maximum atomic E-state index is 13.9. The van der Waals surface area contributed by atoms with Crippen LogP contribution in [0.1, 0.15) is 58.9 Å². The number of hydrogen-bond acceptors (Lipinski definition) is 3. The Morgan fingerprint density at radius 3 is 2.04 bits per heavy atom. The maximum absolute atomic E-state index is 13.9. The van der Waals surface area contributed by atoms with Crippen LogP contribution in [0.25, 0.3) is 54.3 Å². The topological polar surface area (TPSA) is 50.2 Å². The van der Waals surface area contributed by atoms with Crippen molar-refractivity contribution < 1.29 is 47.6 Å². The van der Waals surface area contributed by atoms with Crippen LogP contribution >= 0.6 is 0 Å². The molecule has 0 bridgehead atoms. The van der Waals surface area contributed by atoms with Crippen molar-refractivity contribution in [3.8, 4) is 11.3 Å². The van der Waals surface area contributed by atoms with Crippen LogP contribution in [-0.4, -0.2) is 15.9 Å². The fraction of sp³-hybridized carbons (Fsp3) is 0.268. The molecule has 6 rings (SSSR count). The summed E-state index contributed by atoms with van der Waals surface area (Å²) in [6, 6.07) is 24.6. The number of carbonyl (C=O) groups is 1. The van der Waals surface area contributed by atoms with Gasteiger partial charge < -0.3 is 5.11 Å². The number of carbonyl (C=O) groups excluding carboxylic acids is 1. The third-order valence-electron chi connectivity index (χ3n) is 9.14. The molecule has 0 aliphatic carbocycles. The molecule has 6 aromatic rings. The predicted molar refractivity (Wildman–Crippen MR) is 187 cm³/mol. The second-order valence-electron chi connectivity index (χ2n) is 12.0. The molecule has 1 heterocycles. The van der Waals surface area contributed by atoms with Crippen LogP contribution in [0.5, 0.6) is 0 Å². The van der Waals surface area contributed by atoms with Gasteiger partial charge in [0.05, 0.1) is 5.76 Å². The normalized spacial score (nSPS) is 12.1. The number of rotatable bonds is 8. The van der Waals surface area contributed by atoms with Crippen LogP contribution in [0.4, 0.5) is 17.6 Å². The van der Waals surface area contributed by atoms with E-state index in [0.717, 1.165) is 64.1 Å². The molecule has 49 heavy (non-hydrogen) atoms. The number of pyridine rings is 1. The Balaban J connectivity index is 0.000000290. The van der Waals surface area contributed by atoms with Gasteiger partial charge in [-0.25, -0.2) is 4.39 Å². The average molecular weight is 845 g/mol. The number of aliphatic hydroxyl groups is 1. The quantitative estimate of drug-likeness (QED) is 0.0546. The third-order valence-corrected chi connectivity index (χ3v) is 9.14. The number of allylic oxidation sites excluding steroid dienone is 2. The first-order valence-corrected chi connectivity index (χ1v) is 16.4. The first kappa shape index (κ1) is 37.7. The van der Waals surface area contributed by atoms with Gasteiger partial charge >= 0.3 is 6.18 Å². The van der Waals surface area contributed by atoms with Gasteiger partial charge in [-0.1, -0.05) is 87.2 Å². The fourth-order valence-electron chi connectivity index (χ4n) is 6.37. The SMILES string of the molecule is CCC(CC)C(=O)/C=C(\O)C(CC)CC.Fc1ccc2c(ccc3c4ccnc(-c5[c-]c6ccccc6c(C(F)(F)F)c5)c4ccc23)c1.[Ir]. The van der Waals surface area contributed by atoms with Crippen LogP contribution < -0.4 is 0 Å². The Morgan fingerprint density at radius 1 is 0.776 bits per heavy atom. The van der Waals surface area contributed by atoms with Gasteiger partial charge in [-0.3, -0.25) is 9.78 Å². The van der Waals surface area contributed by atoms with Crippen molar-refractivity contribution in [2.45, 2.75) is 59.6 Å². The molecular formula is C41H38F4IrNO2-. The van der Waals surface area contributed by atoms with Gasteiger partial charge in [0.2, 0.25) is 0 Å². The Bertz CT molecular complexity index is 2130. The van der Waals surface area contributed by atoms with Gasteiger partial charge in [0.25, 0.3) is 0 Å². The molecule has 0 saturated heterocycles. The summed E-state index contributed by atoms with van der Waals surface area (Å²) in [6.45, 7) is 8.07. The molecule has 0 aliphatic heterocycles. The van der Waals surface area contributed by atoms with Crippen LogP contribution in [0.15, 0.2) is 96.9 Å². The Morgan fingerprint density at radius 2 is 1.37 bits per heavy atom. The number of fused-ring (bicyclic) bond motifs is 6. The first-order chi connectivity index (χ1) is 23.0. The number of benzene rings is 5. The van der Waals surface area contributed by atoms with Crippen molar-refractivity contribution >= 4 is 48.9 Å². The molecule has 0 unspecified atom stereocenters. The summed E-state index contributed by atoms with van der Waals surface area (Å²) in [6.07, 6.45) is 2.00. The van der Waals surface area contributed by atoms with E-state index in [1.54, 1.807) is 30.5 Å². The molecule has 0 fully saturated rings. The van der Waals surface area contributed by atoms with Crippen molar-refractivity contribution in [1.82, 2.24) is 4.98 Å². The molecule has 1 radical (unpaired) electrons. The zero-order valence-corrected chi connectivity index (χ0v) is 30.2. The molecule has 5 aromatic carbocycles. The molecule has 0 saturated carbocycles. The van der Waals surface area contributed by atoms with Crippen LogP contribution in [0, 0.1) is 23.7 Å². The summed E-state index contributed by atoms with van der Waals surface area (Å²) in [5.74, 6) is 0.243. The van der Waals surface area contributed by atoms with Crippen LogP contribution in [-0.2, 0) is 31.1 Å². The molecule has 257 valence electrons. The Hall–Kier alpha value is -4.13. The summed E-state index contributed by atoms with van der Waals surface area (Å²) in [5, 5.41) is 15.4. The standard InChI is InChI=1S/C28H14F4N.C13H24O2.Ir/c29-19-6-8-20-17(14-19)5-7-23-22(20)9-10-25-24(23)11-12-33-27(25)18-13-16-3-1-2-4-21(16)26(15-18)28(30,31)32;1-5-10(6-2)12(14)9-13(15)11(7-3)8-4;/h1-12,14-15H;9-11,14H,5-8H2,1-4H3;/q-1;;/b;12-9-;. The summed E-state index contributed by atoms with van der Waals surface area (Å²) in [7, 11) is 0. The molecule has 0 atom stereocenters. The number of nitrogens with zero attached hydrogens (tertiary/aromatic N) is 1. The van der Waals surface area contributed by atoms with Gasteiger partial charge in [-0.05, 0) is 81.8 Å². The molecule has 0 aliphatic rings. The average Bonchev–Trinajstić information content (AvgIpc) is 3.08. The molecule has 1 aromatic heterocycles. The second-order valence-corrected chi connectivity index (χ2v) is 12.0. The fourth-order valence-corrected chi connectivity index (χ4v) is 6.37. The smallest absolute Gasteiger partial charge is 0.403 e. The van der Waals surface area contributed by atoms with Gasteiger partial charge in [0.15, 0.2) is 5.78 Å². The molecule has 1 N–H and O–H groups in total. The maximum Gasteiger partial charge on any atom is 0.403 e. The van der Waals surface area contributed by atoms with Crippen molar-refractivity contribution in [3.05, 3.63) is 114 Å². The van der Waals surface area contributed by atoms with E-state index < -0.39 is 11.7 Å². The van der Waals surface area contributed by atoms with Gasteiger partial charge in [0, 0.05) is 49.9 Å². The summed E-state index contributed by atoms with van der Waals surface area (Å²) >= 11 is 0. The zero-order chi connectivity index (χ0) is 34.6. The summed E-state index contributed by atoms with van der Waals surface area (Å²) < 4.78 is 55.2. The third kappa shape index (κ3) is 8.03. The van der Waals surface area contributed by atoms with Gasteiger partial charge in [-0.2, -0.15) is 13.2 Å². The minimum Gasteiger partial charge on any atom is -0.512 e. The van der Waals surface area contributed by atoms with Gasteiger partial charge in [-0.15, -0.1) is 23.6 Å². The predicted octanol–water partition coefficient (Wildman–Crippen LogP) is 12.2. The number of alkyl halides is 3. The molecule has 0 spiro atoms. The monoisotopic (exact) mass is 845 g/mol. The van der Waals surface area contributed by atoms with E-state index in [0.29, 0.717) is 11.1 Å². The molecule has 3 nitrogen and oxygen atoms in total. The number of aliphatic hydroxyl groups excluding tert-OH is 1. The van der Waals surface area contributed by atoms with Crippen LogP contribution in [0.3, 0.4) is 0 Å². The molecule has 0 amide bonds. The van der Waals surface area contributed by atoms with Crippen molar-refractivity contribution in [1.29, 1.82) is 0 Å².